The maximum absolute atomic E-state index is 13.7. The van der Waals surface area contributed by atoms with Crippen LogP contribution in [0.25, 0.3) is 0 Å². The number of carbonyl (C=O) groups excluding carboxylic acids is 2. The lowest BCUT2D eigenvalue weighted by molar-refractivity contribution is -0.131. The number of amides is 2. The molecular weight excluding hydrogens is 551 g/mol. The van der Waals surface area contributed by atoms with E-state index in [0.717, 1.165) is 5.56 Å². The Morgan fingerprint density at radius 3 is 2.08 bits per heavy atom. The molecular formula is C28H45N4O6PS. The molecule has 0 bridgehead atoms. The van der Waals surface area contributed by atoms with Gasteiger partial charge >= 0.3 is 7.75 Å². The van der Waals surface area contributed by atoms with E-state index in [1.165, 1.54) is 11.3 Å². The Labute approximate surface area is 242 Å². The van der Waals surface area contributed by atoms with Crippen molar-refractivity contribution in [1.82, 2.24) is 20.7 Å². The number of thiazole rings is 1. The van der Waals surface area contributed by atoms with Crippen LogP contribution >= 0.6 is 19.1 Å². The lowest BCUT2D eigenvalue weighted by atomic mass is 9.97. The van der Waals surface area contributed by atoms with Gasteiger partial charge in [-0.25, -0.2) is 14.6 Å². The minimum atomic E-state index is -3.79. The van der Waals surface area contributed by atoms with Crippen LogP contribution in [0.1, 0.15) is 71.1 Å². The third-order valence-corrected chi connectivity index (χ3v) is 8.66. The van der Waals surface area contributed by atoms with Crippen LogP contribution < -0.4 is 15.7 Å². The second-order valence-corrected chi connectivity index (χ2v) is 13.2. The van der Waals surface area contributed by atoms with Crippen molar-refractivity contribution in [1.29, 1.82) is 0 Å². The Hall–Kier alpha value is -2.14. The summed E-state index contributed by atoms with van der Waals surface area (Å²) in [5.41, 5.74) is 0.836. The van der Waals surface area contributed by atoms with Crippen LogP contribution in [0, 0.1) is 11.8 Å². The summed E-state index contributed by atoms with van der Waals surface area (Å²) in [5, 5.41) is 21.9. The number of aromatic nitrogens is 1. The van der Waals surface area contributed by atoms with Crippen LogP contribution in [0.3, 0.4) is 0 Å². The van der Waals surface area contributed by atoms with E-state index in [9.17, 15) is 19.3 Å². The number of nitrogens with one attached hydrogen (secondary N) is 3. The molecule has 1 aromatic carbocycles. The maximum atomic E-state index is 13.7. The first kappa shape index (κ1) is 34.1. The molecule has 1 heterocycles. The highest BCUT2D eigenvalue weighted by Gasteiger charge is 2.35. The number of nitrogens with zero attached hydrogens (tertiary/aromatic N) is 1. The van der Waals surface area contributed by atoms with Crippen LogP contribution in [0.2, 0.25) is 0 Å². The van der Waals surface area contributed by atoms with E-state index < -0.39 is 43.8 Å². The first-order valence-electron chi connectivity index (χ1n) is 13.9. The molecule has 1 aromatic heterocycles. The van der Waals surface area contributed by atoms with E-state index in [-0.39, 0.29) is 31.5 Å². The molecule has 0 aliphatic rings. The fraction of sp³-hybridized carbons (Fsp3) is 0.607. The van der Waals surface area contributed by atoms with Gasteiger partial charge in [-0.15, -0.1) is 11.3 Å². The Morgan fingerprint density at radius 2 is 1.55 bits per heavy atom. The van der Waals surface area contributed by atoms with E-state index in [2.05, 4.69) is 20.7 Å². The second-order valence-electron chi connectivity index (χ2n) is 10.5. The number of carbonyl (C=O) groups is 2. The summed E-state index contributed by atoms with van der Waals surface area (Å²) in [6.07, 6.45) is 1.73. The summed E-state index contributed by atoms with van der Waals surface area (Å²) in [7, 11) is -3.79. The predicted octanol–water partition coefficient (Wildman–Crippen LogP) is 4.62. The topological polar surface area (TPSA) is 139 Å². The standard InChI is InChI=1S/C28H45N4O6PS/c1-7-37-39(36,38-8-2)32-24(18-21-12-10-9-11-13-21)27(35)31-23(17-20(5)6)26(34)30-22(16-19(3)4)25(33)28-29-14-15-40-28/h9-15,19-20,22-25,33H,7-8,16-18H2,1-6H3,(H,30,34)(H,31,35)(H,32,36)/t22-,23-,24-,25+/m0/s1. The van der Waals surface area contributed by atoms with Crippen molar-refractivity contribution in [2.75, 3.05) is 13.2 Å². The highest BCUT2D eigenvalue weighted by atomic mass is 32.1. The van der Waals surface area contributed by atoms with Gasteiger partial charge in [0.25, 0.3) is 0 Å². The number of aliphatic hydroxyl groups excluding tert-OH is 1. The molecule has 0 aliphatic heterocycles. The summed E-state index contributed by atoms with van der Waals surface area (Å²) in [4.78, 5) is 31.5. The molecule has 2 rings (SSSR count). The van der Waals surface area contributed by atoms with Crippen LogP contribution in [-0.2, 0) is 29.6 Å². The Balaban J connectivity index is 2.29. The van der Waals surface area contributed by atoms with Crippen LogP contribution in [0.5, 0.6) is 0 Å². The van der Waals surface area contributed by atoms with Crippen molar-refractivity contribution in [3.8, 4) is 0 Å². The molecule has 4 N–H and O–H groups in total. The molecule has 40 heavy (non-hydrogen) atoms. The average molecular weight is 597 g/mol. The van der Waals surface area contributed by atoms with Crippen LogP contribution in [-0.4, -0.2) is 53.2 Å². The van der Waals surface area contributed by atoms with Crippen molar-refractivity contribution in [3.05, 3.63) is 52.5 Å². The van der Waals surface area contributed by atoms with Crippen molar-refractivity contribution in [2.45, 2.75) is 85.0 Å². The molecule has 2 aromatic rings. The molecule has 10 nitrogen and oxygen atoms in total. The quantitative estimate of drug-likeness (QED) is 0.183. The monoisotopic (exact) mass is 596 g/mol. The zero-order chi connectivity index (χ0) is 29.7. The normalized spacial score (nSPS) is 15.0. The molecule has 0 saturated heterocycles. The highest BCUT2D eigenvalue weighted by molar-refractivity contribution is 7.51. The molecule has 12 heteroatoms. The highest BCUT2D eigenvalue weighted by Crippen LogP contribution is 2.44. The molecule has 0 aliphatic carbocycles. The van der Waals surface area contributed by atoms with Crippen LogP contribution in [0.4, 0.5) is 0 Å². The Kier molecular flexibility index (Phi) is 14.4. The number of rotatable bonds is 18. The van der Waals surface area contributed by atoms with Gasteiger partial charge in [0.2, 0.25) is 11.8 Å². The number of aliphatic hydroxyl groups is 1. The first-order valence-corrected chi connectivity index (χ1v) is 16.3. The van der Waals surface area contributed by atoms with E-state index in [4.69, 9.17) is 9.05 Å². The van der Waals surface area contributed by atoms with Gasteiger partial charge < -0.3 is 15.7 Å². The minimum Gasteiger partial charge on any atom is -0.384 e. The molecule has 4 atom stereocenters. The smallest absolute Gasteiger partial charge is 0.384 e. The van der Waals surface area contributed by atoms with E-state index in [0.29, 0.717) is 17.8 Å². The van der Waals surface area contributed by atoms with E-state index in [1.807, 2.05) is 58.0 Å². The lowest BCUT2D eigenvalue weighted by Crippen LogP contribution is -2.55. The van der Waals surface area contributed by atoms with Gasteiger partial charge in [-0.1, -0.05) is 58.0 Å². The van der Waals surface area contributed by atoms with Gasteiger partial charge in [0, 0.05) is 11.6 Å². The average Bonchev–Trinajstić information content (AvgIpc) is 3.42. The van der Waals surface area contributed by atoms with Crippen molar-refractivity contribution in [3.63, 3.8) is 0 Å². The Bertz CT molecular complexity index is 1060. The summed E-state index contributed by atoms with van der Waals surface area (Å²) in [5.74, 6) is -0.629. The minimum absolute atomic E-state index is 0.0852. The van der Waals surface area contributed by atoms with E-state index in [1.54, 1.807) is 25.4 Å². The summed E-state index contributed by atoms with van der Waals surface area (Å²) in [6, 6.07) is 6.84. The third-order valence-electron chi connectivity index (χ3n) is 5.99. The zero-order valence-corrected chi connectivity index (χ0v) is 26.0. The fourth-order valence-corrected chi connectivity index (χ4v) is 6.46. The third kappa shape index (κ3) is 11.4. The summed E-state index contributed by atoms with van der Waals surface area (Å²) >= 11 is 1.32. The molecule has 0 spiro atoms. The van der Waals surface area contributed by atoms with Crippen molar-refractivity contribution >= 4 is 30.9 Å². The zero-order valence-electron chi connectivity index (χ0n) is 24.3. The van der Waals surface area contributed by atoms with Crippen molar-refractivity contribution < 1.29 is 28.3 Å². The van der Waals surface area contributed by atoms with Gasteiger partial charge in [-0.05, 0) is 50.5 Å². The lowest BCUT2D eigenvalue weighted by Gasteiger charge is -2.29. The molecule has 0 saturated carbocycles. The predicted molar refractivity (Wildman–Crippen MR) is 158 cm³/mol. The van der Waals surface area contributed by atoms with Crippen LogP contribution in [0.15, 0.2) is 41.9 Å². The maximum Gasteiger partial charge on any atom is 0.406 e. The van der Waals surface area contributed by atoms with Gasteiger partial charge in [0.1, 0.15) is 23.2 Å². The number of benzene rings is 1. The summed E-state index contributed by atoms with van der Waals surface area (Å²) in [6.45, 7) is 11.6. The molecule has 0 fully saturated rings. The molecule has 0 unspecified atom stereocenters. The van der Waals surface area contributed by atoms with Gasteiger partial charge in [0.15, 0.2) is 0 Å². The molecule has 2 amide bonds. The van der Waals surface area contributed by atoms with Crippen molar-refractivity contribution in [2.24, 2.45) is 11.8 Å². The number of hydrogen-bond donors (Lipinski definition) is 4. The SMILES string of the molecule is CCOP(=O)(N[C@@H](Cc1ccccc1)C(=O)N[C@@H](CC(C)C)C(=O)N[C@@H](CC(C)C)[C@@H](O)c1nccs1)OCC. The molecule has 224 valence electrons. The van der Waals surface area contributed by atoms with E-state index >= 15 is 0 Å². The van der Waals surface area contributed by atoms with Gasteiger partial charge in [-0.3, -0.25) is 18.6 Å². The largest absolute Gasteiger partial charge is 0.406 e. The Morgan fingerprint density at radius 1 is 0.950 bits per heavy atom. The fourth-order valence-electron chi connectivity index (χ4n) is 4.28. The number of hydrogen-bond acceptors (Lipinski definition) is 8. The first-order chi connectivity index (χ1) is 19.0. The van der Waals surface area contributed by atoms with Gasteiger partial charge in [0.05, 0.1) is 19.3 Å². The summed E-state index contributed by atoms with van der Waals surface area (Å²) < 4.78 is 24.1. The van der Waals surface area contributed by atoms with Gasteiger partial charge in [-0.2, -0.15) is 0 Å². The second kappa shape index (κ2) is 17.0. The molecule has 0 radical (unpaired) electrons.